The van der Waals surface area contributed by atoms with Crippen LogP contribution < -0.4 is 5.32 Å². The van der Waals surface area contributed by atoms with Crippen molar-refractivity contribution in [3.05, 3.63) is 21.9 Å². The summed E-state index contributed by atoms with van der Waals surface area (Å²) in [4.78, 5) is 3.92. The van der Waals surface area contributed by atoms with Crippen molar-refractivity contribution in [1.82, 2.24) is 10.2 Å². The second kappa shape index (κ2) is 7.05. The number of nitrogens with one attached hydrogen (secondary N) is 1. The Morgan fingerprint density at radius 3 is 2.56 bits per heavy atom. The van der Waals surface area contributed by atoms with Crippen LogP contribution in [-0.2, 0) is 0 Å². The number of rotatable bonds is 7. The predicted molar refractivity (Wildman–Crippen MR) is 73.3 cm³/mol. The number of nitrogens with zero attached hydrogens (tertiary/aromatic N) is 1. The summed E-state index contributed by atoms with van der Waals surface area (Å²) in [5, 5.41) is 5.77. The molecule has 1 rings (SSSR count). The van der Waals surface area contributed by atoms with Gasteiger partial charge in [-0.1, -0.05) is 13.8 Å². The highest BCUT2D eigenvalue weighted by Gasteiger charge is 2.09. The highest BCUT2D eigenvalue weighted by molar-refractivity contribution is 7.10. The SMILES string of the molecule is CCN(CC)CCNC(C)c1sccc1C. The van der Waals surface area contributed by atoms with Gasteiger partial charge in [0.05, 0.1) is 0 Å². The number of hydrogen-bond donors (Lipinski definition) is 1. The minimum atomic E-state index is 0.482. The zero-order valence-electron chi connectivity index (χ0n) is 10.9. The molecule has 1 N–H and O–H groups in total. The zero-order chi connectivity index (χ0) is 12.0. The second-order valence-corrected chi connectivity index (χ2v) is 5.12. The summed E-state index contributed by atoms with van der Waals surface area (Å²) in [5.74, 6) is 0. The third-order valence-electron chi connectivity index (χ3n) is 3.07. The molecule has 0 bridgehead atoms. The highest BCUT2D eigenvalue weighted by atomic mass is 32.1. The average molecular weight is 240 g/mol. The minimum Gasteiger partial charge on any atom is -0.308 e. The summed E-state index contributed by atoms with van der Waals surface area (Å²) < 4.78 is 0. The summed E-state index contributed by atoms with van der Waals surface area (Å²) in [5.41, 5.74) is 1.41. The molecule has 0 aromatic carbocycles. The first-order valence-corrected chi connectivity index (χ1v) is 7.06. The summed E-state index contributed by atoms with van der Waals surface area (Å²) >= 11 is 1.85. The lowest BCUT2D eigenvalue weighted by molar-refractivity contribution is 0.298. The van der Waals surface area contributed by atoms with E-state index in [9.17, 15) is 0 Å². The van der Waals surface area contributed by atoms with E-state index in [1.807, 2.05) is 11.3 Å². The van der Waals surface area contributed by atoms with E-state index in [-0.39, 0.29) is 0 Å². The van der Waals surface area contributed by atoms with E-state index in [2.05, 4.69) is 49.4 Å². The van der Waals surface area contributed by atoms with Crippen LogP contribution >= 0.6 is 11.3 Å². The summed E-state index contributed by atoms with van der Waals surface area (Å²) in [6, 6.07) is 2.68. The summed E-state index contributed by atoms with van der Waals surface area (Å²) in [7, 11) is 0. The molecule has 1 aromatic rings. The van der Waals surface area contributed by atoms with Crippen molar-refractivity contribution in [2.75, 3.05) is 26.2 Å². The molecule has 92 valence electrons. The van der Waals surface area contributed by atoms with E-state index in [4.69, 9.17) is 0 Å². The Bertz CT molecular complexity index is 292. The molecular formula is C13H24N2S. The van der Waals surface area contributed by atoms with Gasteiger partial charge in [-0.15, -0.1) is 11.3 Å². The smallest absolute Gasteiger partial charge is 0.0389 e. The van der Waals surface area contributed by atoms with Crippen LogP contribution in [0.15, 0.2) is 11.4 Å². The molecule has 0 aliphatic carbocycles. The van der Waals surface area contributed by atoms with Crippen LogP contribution in [0.25, 0.3) is 0 Å². The molecule has 16 heavy (non-hydrogen) atoms. The first-order valence-electron chi connectivity index (χ1n) is 6.18. The maximum atomic E-state index is 3.59. The fraction of sp³-hybridized carbons (Fsp3) is 0.692. The number of aryl methyl sites for hydroxylation is 1. The topological polar surface area (TPSA) is 15.3 Å². The Balaban J connectivity index is 2.30. The molecule has 1 atom stereocenters. The molecule has 0 amide bonds. The lowest BCUT2D eigenvalue weighted by Gasteiger charge is -2.20. The van der Waals surface area contributed by atoms with E-state index in [1.165, 1.54) is 10.4 Å². The van der Waals surface area contributed by atoms with Crippen LogP contribution in [0, 0.1) is 6.92 Å². The van der Waals surface area contributed by atoms with E-state index in [0.29, 0.717) is 6.04 Å². The van der Waals surface area contributed by atoms with Crippen molar-refractivity contribution >= 4 is 11.3 Å². The van der Waals surface area contributed by atoms with E-state index in [0.717, 1.165) is 26.2 Å². The predicted octanol–water partition coefficient (Wildman–Crippen LogP) is 3.05. The van der Waals surface area contributed by atoms with Gasteiger partial charge in [-0.3, -0.25) is 0 Å². The molecule has 3 heteroatoms. The molecule has 0 fully saturated rings. The summed E-state index contributed by atoms with van der Waals surface area (Å²) in [6.07, 6.45) is 0. The Morgan fingerprint density at radius 2 is 2.06 bits per heavy atom. The van der Waals surface area contributed by atoms with Gasteiger partial charge in [0.2, 0.25) is 0 Å². The van der Waals surface area contributed by atoms with E-state index in [1.54, 1.807) is 0 Å². The fourth-order valence-electron chi connectivity index (χ4n) is 1.90. The fourth-order valence-corrected chi connectivity index (χ4v) is 2.86. The lowest BCUT2D eigenvalue weighted by Crippen LogP contribution is -2.32. The maximum Gasteiger partial charge on any atom is 0.0389 e. The van der Waals surface area contributed by atoms with Gasteiger partial charge >= 0.3 is 0 Å². The monoisotopic (exact) mass is 240 g/mol. The number of likely N-dealkylation sites (N-methyl/N-ethyl adjacent to an activating group) is 1. The van der Waals surface area contributed by atoms with Gasteiger partial charge in [-0.05, 0) is 43.9 Å². The molecule has 0 radical (unpaired) electrons. The highest BCUT2D eigenvalue weighted by Crippen LogP contribution is 2.22. The summed E-state index contributed by atoms with van der Waals surface area (Å²) in [6.45, 7) is 13.4. The standard InChI is InChI=1S/C13H24N2S/c1-5-15(6-2)9-8-14-12(4)13-11(3)7-10-16-13/h7,10,12,14H,5-6,8-9H2,1-4H3. The van der Waals surface area contributed by atoms with Crippen molar-refractivity contribution in [2.24, 2.45) is 0 Å². The van der Waals surface area contributed by atoms with Gasteiger partial charge < -0.3 is 10.2 Å². The molecule has 0 aliphatic heterocycles. The van der Waals surface area contributed by atoms with Gasteiger partial charge in [0.15, 0.2) is 0 Å². The Labute approximate surface area is 104 Å². The van der Waals surface area contributed by atoms with Crippen molar-refractivity contribution in [1.29, 1.82) is 0 Å². The normalized spacial score (nSPS) is 13.3. The Morgan fingerprint density at radius 1 is 1.38 bits per heavy atom. The Kier molecular flexibility index (Phi) is 6.03. The van der Waals surface area contributed by atoms with Gasteiger partial charge in [-0.2, -0.15) is 0 Å². The van der Waals surface area contributed by atoms with Gasteiger partial charge in [-0.25, -0.2) is 0 Å². The van der Waals surface area contributed by atoms with Crippen molar-refractivity contribution < 1.29 is 0 Å². The molecule has 2 nitrogen and oxygen atoms in total. The number of hydrogen-bond acceptors (Lipinski definition) is 3. The molecule has 1 unspecified atom stereocenters. The van der Waals surface area contributed by atoms with Crippen LogP contribution in [0.2, 0.25) is 0 Å². The molecule has 0 saturated carbocycles. The molecule has 0 aliphatic rings. The number of thiophene rings is 1. The van der Waals surface area contributed by atoms with Crippen molar-refractivity contribution in [3.63, 3.8) is 0 Å². The van der Waals surface area contributed by atoms with Crippen LogP contribution in [0.3, 0.4) is 0 Å². The van der Waals surface area contributed by atoms with E-state index < -0.39 is 0 Å². The Hall–Kier alpha value is -0.380. The van der Waals surface area contributed by atoms with E-state index >= 15 is 0 Å². The maximum absolute atomic E-state index is 3.59. The van der Waals surface area contributed by atoms with Crippen LogP contribution in [-0.4, -0.2) is 31.1 Å². The molecular weight excluding hydrogens is 216 g/mol. The second-order valence-electron chi connectivity index (χ2n) is 4.17. The third-order valence-corrected chi connectivity index (χ3v) is 4.27. The molecule has 0 saturated heterocycles. The van der Waals surface area contributed by atoms with Crippen molar-refractivity contribution in [3.8, 4) is 0 Å². The average Bonchev–Trinajstić information content (AvgIpc) is 2.70. The van der Waals surface area contributed by atoms with Crippen LogP contribution in [0.4, 0.5) is 0 Å². The zero-order valence-corrected chi connectivity index (χ0v) is 11.7. The van der Waals surface area contributed by atoms with Crippen LogP contribution in [0.5, 0.6) is 0 Å². The molecule has 0 spiro atoms. The van der Waals surface area contributed by atoms with Crippen molar-refractivity contribution in [2.45, 2.75) is 33.7 Å². The lowest BCUT2D eigenvalue weighted by atomic mass is 10.2. The first kappa shape index (κ1) is 13.7. The largest absolute Gasteiger partial charge is 0.308 e. The van der Waals surface area contributed by atoms with Gasteiger partial charge in [0.1, 0.15) is 0 Å². The first-order chi connectivity index (χ1) is 7.69. The van der Waals surface area contributed by atoms with Crippen LogP contribution in [0.1, 0.15) is 37.3 Å². The third kappa shape index (κ3) is 3.89. The van der Waals surface area contributed by atoms with Gasteiger partial charge in [0, 0.05) is 24.0 Å². The quantitative estimate of drug-likeness (QED) is 0.788. The molecule has 1 heterocycles. The minimum absolute atomic E-state index is 0.482. The van der Waals surface area contributed by atoms with Gasteiger partial charge in [0.25, 0.3) is 0 Å². The molecule has 1 aromatic heterocycles.